The number of aliphatic carboxylic acids is 1. The average Bonchev–Trinajstić information content (AvgIpc) is 2.39. The zero-order chi connectivity index (χ0) is 16.0. The lowest BCUT2D eigenvalue weighted by atomic mass is 10.0. The van der Waals surface area contributed by atoms with Crippen molar-refractivity contribution < 1.29 is 19.4 Å². The van der Waals surface area contributed by atoms with Crippen LogP contribution in [0.2, 0.25) is 5.02 Å². The lowest BCUT2D eigenvalue weighted by molar-refractivity contribution is -0.139. The van der Waals surface area contributed by atoms with Crippen LogP contribution in [0, 0.1) is 5.92 Å². The summed E-state index contributed by atoms with van der Waals surface area (Å²) < 4.78 is 5.04. The molecule has 0 heterocycles. The fourth-order valence-corrected chi connectivity index (χ4v) is 1.90. The maximum absolute atomic E-state index is 11.9. The van der Waals surface area contributed by atoms with E-state index < -0.39 is 18.0 Å². The Bertz CT molecular complexity index is 520. The number of carbonyl (C=O) groups is 2. The van der Waals surface area contributed by atoms with E-state index in [4.69, 9.17) is 21.4 Å². The van der Waals surface area contributed by atoms with Gasteiger partial charge in [-0.2, -0.15) is 0 Å². The molecule has 1 rings (SSSR count). The molecule has 1 atom stereocenters. The van der Waals surface area contributed by atoms with Gasteiger partial charge in [0, 0.05) is 6.07 Å². The minimum atomic E-state index is -1.07. The molecule has 7 heteroatoms. The van der Waals surface area contributed by atoms with Crippen LogP contribution >= 0.6 is 11.6 Å². The fraction of sp³-hybridized carbons (Fsp3) is 0.429. The van der Waals surface area contributed by atoms with Gasteiger partial charge >= 0.3 is 12.0 Å². The van der Waals surface area contributed by atoms with Crippen molar-refractivity contribution in [1.82, 2.24) is 5.32 Å². The Morgan fingerprint density at radius 1 is 1.38 bits per heavy atom. The molecule has 0 spiro atoms. The number of halogens is 1. The number of carbonyl (C=O) groups excluding carboxylic acids is 1. The van der Waals surface area contributed by atoms with E-state index >= 15 is 0 Å². The van der Waals surface area contributed by atoms with E-state index in [1.165, 1.54) is 7.11 Å². The van der Waals surface area contributed by atoms with Crippen LogP contribution in [0.5, 0.6) is 5.75 Å². The quantitative estimate of drug-likeness (QED) is 0.753. The number of hydrogen-bond acceptors (Lipinski definition) is 3. The number of anilines is 1. The van der Waals surface area contributed by atoms with Crippen LogP contribution < -0.4 is 15.4 Å². The third kappa shape index (κ3) is 5.51. The fourth-order valence-electron chi connectivity index (χ4n) is 1.74. The van der Waals surface area contributed by atoms with Crippen LogP contribution in [0.15, 0.2) is 18.2 Å². The number of urea groups is 1. The Kier molecular flexibility index (Phi) is 6.30. The van der Waals surface area contributed by atoms with Crippen LogP contribution in [0.4, 0.5) is 10.5 Å². The van der Waals surface area contributed by atoms with Gasteiger partial charge in [0.1, 0.15) is 11.8 Å². The van der Waals surface area contributed by atoms with Gasteiger partial charge in [-0.3, -0.25) is 0 Å². The van der Waals surface area contributed by atoms with Crippen molar-refractivity contribution in [3.63, 3.8) is 0 Å². The molecule has 0 fully saturated rings. The molecule has 0 aliphatic rings. The first kappa shape index (κ1) is 17.1. The summed E-state index contributed by atoms with van der Waals surface area (Å²) >= 11 is 5.97. The van der Waals surface area contributed by atoms with Gasteiger partial charge in [0.25, 0.3) is 0 Å². The summed E-state index contributed by atoms with van der Waals surface area (Å²) in [7, 11) is 1.50. The Hall–Kier alpha value is -1.95. The summed E-state index contributed by atoms with van der Waals surface area (Å²) in [6.07, 6.45) is 0.342. The number of carboxylic acid groups (broad SMARTS) is 1. The number of benzene rings is 1. The largest absolute Gasteiger partial charge is 0.497 e. The minimum Gasteiger partial charge on any atom is -0.497 e. The van der Waals surface area contributed by atoms with E-state index in [0.717, 1.165) is 0 Å². The SMILES string of the molecule is COc1ccc(Cl)c(NC(=O)N[C@@H](CC(C)C)C(=O)O)c1. The molecule has 0 radical (unpaired) electrons. The molecule has 6 nitrogen and oxygen atoms in total. The standard InChI is InChI=1S/C14H19ClN2O4/c1-8(2)6-12(13(18)19)17-14(20)16-11-7-9(21-3)4-5-10(11)15/h4-5,7-8,12H,6H2,1-3H3,(H,18,19)(H2,16,17,20)/t12-/m0/s1. The number of amides is 2. The molecule has 3 N–H and O–H groups in total. The van der Waals surface area contributed by atoms with Crippen LogP contribution in [0.25, 0.3) is 0 Å². The molecular formula is C14H19ClN2O4. The smallest absolute Gasteiger partial charge is 0.326 e. The zero-order valence-corrected chi connectivity index (χ0v) is 12.9. The predicted molar refractivity (Wildman–Crippen MR) is 81.0 cm³/mol. The van der Waals surface area contributed by atoms with Gasteiger partial charge < -0.3 is 20.5 Å². The molecule has 21 heavy (non-hydrogen) atoms. The number of methoxy groups -OCH3 is 1. The van der Waals surface area contributed by atoms with Crippen LogP contribution in [0.3, 0.4) is 0 Å². The molecule has 0 aliphatic heterocycles. The molecule has 2 amide bonds. The number of rotatable bonds is 6. The molecular weight excluding hydrogens is 296 g/mol. The van der Waals surface area contributed by atoms with Gasteiger partial charge in [0.05, 0.1) is 17.8 Å². The number of hydrogen-bond donors (Lipinski definition) is 3. The first-order valence-electron chi connectivity index (χ1n) is 6.47. The molecule has 0 bridgehead atoms. The Morgan fingerprint density at radius 3 is 2.57 bits per heavy atom. The monoisotopic (exact) mass is 314 g/mol. The lowest BCUT2D eigenvalue weighted by Crippen LogP contribution is -2.43. The van der Waals surface area contributed by atoms with Gasteiger partial charge in [-0.25, -0.2) is 9.59 Å². The molecule has 0 unspecified atom stereocenters. The van der Waals surface area contributed by atoms with E-state index in [0.29, 0.717) is 22.9 Å². The number of nitrogens with one attached hydrogen (secondary N) is 2. The molecule has 0 aliphatic carbocycles. The normalized spacial score (nSPS) is 11.9. The minimum absolute atomic E-state index is 0.145. The van der Waals surface area contributed by atoms with Crippen molar-refractivity contribution in [2.24, 2.45) is 5.92 Å². The van der Waals surface area contributed by atoms with Crippen molar-refractivity contribution in [3.8, 4) is 5.75 Å². The number of ether oxygens (including phenoxy) is 1. The summed E-state index contributed by atoms with van der Waals surface area (Å²) in [5.74, 6) is -0.394. The second kappa shape index (κ2) is 7.73. The molecule has 0 saturated heterocycles. The molecule has 0 aromatic heterocycles. The molecule has 1 aromatic carbocycles. The Morgan fingerprint density at radius 2 is 2.05 bits per heavy atom. The van der Waals surface area contributed by atoms with E-state index in [1.807, 2.05) is 13.8 Å². The van der Waals surface area contributed by atoms with Gasteiger partial charge in [-0.1, -0.05) is 25.4 Å². The lowest BCUT2D eigenvalue weighted by Gasteiger charge is -2.17. The topological polar surface area (TPSA) is 87.7 Å². The Balaban J connectivity index is 2.74. The van der Waals surface area contributed by atoms with Gasteiger partial charge in [0.2, 0.25) is 0 Å². The van der Waals surface area contributed by atoms with Gasteiger partial charge in [-0.05, 0) is 24.5 Å². The van der Waals surface area contributed by atoms with Crippen molar-refractivity contribution in [3.05, 3.63) is 23.2 Å². The highest BCUT2D eigenvalue weighted by molar-refractivity contribution is 6.33. The summed E-state index contributed by atoms with van der Waals surface area (Å²) in [4.78, 5) is 23.0. The first-order valence-corrected chi connectivity index (χ1v) is 6.85. The average molecular weight is 315 g/mol. The molecule has 0 saturated carbocycles. The third-order valence-electron chi connectivity index (χ3n) is 2.73. The van der Waals surface area contributed by atoms with Crippen LogP contribution in [-0.2, 0) is 4.79 Å². The van der Waals surface area contributed by atoms with E-state index in [-0.39, 0.29) is 5.92 Å². The van der Waals surface area contributed by atoms with Crippen LogP contribution in [0.1, 0.15) is 20.3 Å². The van der Waals surface area contributed by atoms with Crippen molar-refractivity contribution in [2.45, 2.75) is 26.3 Å². The van der Waals surface area contributed by atoms with E-state index in [2.05, 4.69) is 10.6 Å². The van der Waals surface area contributed by atoms with Gasteiger partial charge in [-0.15, -0.1) is 0 Å². The van der Waals surface area contributed by atoms with E-state index in [9.17, 15) is 9.59 Å². The maximum atomic E-state index is 11.9. The highest BCUT2D eigenvalue weighted by Crippen LogP contribution is 2.26. The summed E-state index contributed by atoms with van der Waals surface area (Å²) in [5, 5.41) is 14.4. The highest BCUT2D eigenvalue weighted by atomic mass is 35.5. The van der Waals surface area contributed by atoms with Crippen molar-refractivity contribution in [2.75, 3.05) is 12.4 Å². The van der Waals surface area contributed by atoms with Crippen LogP contribution in [-0.4, -0.2) is 30.3 Å². The van der Waals surface area contributed by atoms with E-state index in [1.54, 1.807) is 18.2 Å². The zero-order valence-electron chi connectivity index (χ0n) is 12.1. The number of carboxylic acids is 1. The second-order valence-corrected chi connectivity index (χ2v) is 5.37. The second-order valence-electron chi connectivity index (χ2n) is 4.96. The maximum Gasteiger partial charge on any atom is 0.326 e. The summed E-state index contributed by atoms with van der Waals surface area (Å²) in [6.45, 7) is 3.77. The predicted octanol–water partition coefficient (Wildman–Crippen LogP) is 2.97. The third-order valence-corrected chi connectivity index (χ3v) is 3.06. The highest BCUT2D eigenvalue weighted by Gasteiger charge is 2.21. The van der Waals surface area contributed by atoms with Gasteiger partial charge in [0.15, 0.2) is 0 Å². The molecule has 116 valence electrons. The summed E-state index contributed by atoms with van der Waals surface area (Å²) in [5.41, 5.74) is 0.349. The van der Waals surface area contributed by atoms with Crippen molar-refractivity contribution in [1.29, 1.82) is 0 Å². The van der Waals surface area contributed by atoms with Crippen molar-refractivity contribution >= 4 is 29.3 Å². The first-order chi connectivity index (χ1) is 9.83. The summed E-state index contributed by atoms with van der Waals surface area (Å²) in [6, 6.07) is 3.22. The molecule has 1 aromatic rings. The Labute approximate surface area is 128 Å².